The van der Waals surface area contributed by atoms with Gasteiger partial charge in [0, 0.05) is 6.61 Å². The normalized spacial score (nSPS) is 10.6. The van der Waals surface area contributed by atoms with Crippen molar-refractivity contribution in [1.29, 1.82) is 0 Å². The first-order valence-electron chi connectivity index (χ1n) is 5.84. The molecule has 0 saturated carbocycles. The van der Waals surface area contributed by atoms with E-state index >= 15 is 0 Å². The summed E-state index contributed by atoms with van der Waals surface area (Å²) in [4.78, 5) is 11.3. The number of methoxy groups -OCH3 is 1. The monoisotopic (exact) mass is 236 g/mol. The van der Waals surface area contributed by atoms with Gasteiger partial charge in [-0.2, -0.15) is 0 Å². The maximum atomic E-state index is 11.3. The molecule has 3 nitrogen and oxygen atoms in total. The summed E-state index contributed by atoms with van der Waals surface area (Å²) in [7, 11) is 1.40. The highest BCUT2D eigenvalue weighted by molar-refractivity contribution is 5.72. The molecule has 0 aliphatic heterocycles. The number of carbonyl (C=O) groups is 1. The fourth-order valence-corrected chi connectivity index (χ4v) is 1.50. The molecule has 3 heteroatoms. The first-order valence-corrected chi connectivity index (χ1v) is 5.84. The molecule has 1 rings (SSSR count). The van der Waals surface area contributed by atoms with E-state index in [-0.39, 0.29) is 5.97 Å². The van der Waals surface area contributed by atoms with Gasteiger partial charge in [0.05, 0.1) is 20.1 Å². The Kier molecular flexibility index (Phi) is 5.70. The highest BCUT2D eigenvalue weighted by atomic mass is 16.5. The first-order chi connectivity index (χ1) is 8.13. The third-order valence-corrected chi connectivity index (χ3v) is 2.39. The van der Waals surface area contributed by atoms with Gasteiger partial charge < -0.3 is 9.47 Å². The highest BCUT2D eigenvalue weighted by Gasteiger charge is 2.07. The lowest BCUT2D eigenvalue weighted by Gasteiger charge is -2.10. The number of carbonyl (C=O) groups excluding carboxylic acids is 1. The zero-order valence-corrected chi connectivity index (χ0v) is 10.7. The number of rotatable bonds is 6. The third-order valence-electron chi connectivity index (χ3n) is 2.39. The molecule has 17 heavy (non-hydrogen) atoms. The van der Waals surface area contributed by atoms with Crippen LogP contribution in [0.3, 0.4) is 0 Å². The summed E-state index contributed by atoms with van der Waals surface area (Å²) in [6.45, 7) is 5.50. The van der Waals surface area contributed by atoms with Gasteiger partial charge in [-0.05, 0) is 17.0 Å². The highest BCUT2D eigenvalue weighted by Crippen LogP contribution is 2.12. The number of esters is 1. The molecule has 0 bridgehead atoms. The molecule has 1 aromatic rings. The second kappa shape index (κ2) is 7.07. The van der Waals surface area contributed by atoms with Crippen LogP contribution in [-0.2, 0) is 27.3 Å². The molecule has 1 aromatic carbocycles. The van der Waals surface area contributed by atoms with Crippen LogP contribution in [0.5, 0.6) is 0 Å². The molecular formula is C14H20O3. The van der Waals surface area contributed by atoms with Crippen molar-refractivity contribution in [1.82, 2.24) is 0 Å². The van der Waals surface area contributed by atoms with Crippen LogP contribution in [0.4, 0.5) is 0 Å². The standard InChI is InChI=1S/C14H20O3/c1-11(2)9-17-10-13-7-5-4-6-12(13)8-14(15)16-3/h4-7,11H,8-10H2,1-3H3. The smallest absolute Gasteiger partial charge is 0.309 e. The number of hydrogen-bond acceptors (Lipinski definition) is 3. The van der Waals surface area contributed by atoms with Crippen molar-refractivity contribution in [2.24, 2.45) is 5.92 Å². The van der Waals surface area contributed by atoms with Gasteiger partial charge in [0.1, 0.15) is 0 Å². The van der Waals surface area contributed by atoms with Crippen molar-refractivity contribution in [2.45, 2.75) is 26.9 Å². The third kappa shape index (κ3) is 5.00. The summed E-state index contributed by atoms with van der Waals surface area (Å²) in [5, 5.41) is 0. The van der Waals surface area contributed by atoms with Crippen LogP contribution in [0, 0.1) is 5.92 Å². The molecule has 0 radical (unpaired) electrons. The Morgan fingerprint density at radius 2 is 1.88 bits per heavy atom. The average molecular weight is 236 g/mol. The lowest BCUT2D eigenvalue weighted by molar-refractivity contribution is -0.139. The van der Waals surface area contributed by atoms with E-state index in [1.54, 1.807) is 0 Å². The Bertz CT molecular complexity index is 358. The summed E-state index contributed by atoms with van der Waals surface area (Å²) in [5.74, 6) is 0.295. The Morgan fingerprint density at radius 1 is 1.24 bits per heavy atom. The van der Waals surface area contributed by atoms with Crippen LogP contribution in [0.2, 0.25) is 0 Å². The Morgan fingerprint density at radius 3 is 2.47 bits per heavy atom. The van der Waals surface area contributed by atoms with E-state index in [9.17, 15) is 4.79 Å². The largest absolute Gasteiger partial charge is 0.469 e. The first kappa shape index (κ1) is 13.7. The molecule has 0 spiro atoms. The predicted octanol–water partition coefficient (Wildman–Crippen LogP) is 2.57. The van der Waals surface area contributed by atoms with Crippen molar-refractivity contribution < 1.29 is 14.3 Å². The second-order valence-corrected chi connectivity index (χ2v) is 4.43. The summed E-state index contributed by atoms with van der Waals surface area (Å²) < 4.78 is 10.3. The van der Waals surface area contributed by atoms with Crippen molar-refractivity contribution in [3.63, 3.8) is 0 Å². The molecule has 0 heterocycles. The second-order valence-electron chi connectivity index (χ2n) is 4.43. The molecule has 0 atom stereocenters. The van der Waals surface area contributed by atoms with E-state index in [0.717, 1.165) is 17.7 Å². The summed E-state index contributed by atoms with van der Waals surface area (Å²) in [6, 6.07) is 7.79. The summed E-state index contributed by atoms with van der Waals surface area (Å²) in [6.07, 6.45) is 0.303. The predicted molar refractivity (Wildman–Crippen MR) is 66.7 cm³/mol. The van der Waals surface area contributed by atoms with Gasteiger partial charge in [0.25, 0.3) is 0 Å². The fraction of sp³-hybridized carbons (Fsp3) is 0.500. The van der Waals surface area contributed by atoms with Gasteiger partial charge in [-0.1, -0.05) is 38.1 Å². The van der Waals surface area contributed by atoms with E-state index in [1.807, 2.05) is 24.3 Å². The van der Waals surface area contributed by atoms with E-state index in [4.69, 9.17) is 4.74 Å². The van der Waals surface area contributed by atoms with Crippen LogP contribution in [-0.4, -0.2) is 19.7 Å². The average Bonchev–Trinajstić information content (AvgIpc) is 2.30. The Labute approximate surface area is 103 Å². The van der Waals surface area contributed by atoms with Crippen molar-refractivity contribution in [2.75, 3.05) is 13.7 Å². The fourth-order valence-electron chi connectivity index (χ4n) is 1.50. The van der Waals surface area contributed by atoms with Crippen molar-refractivity contribution in [3.8, 4) is 0 Å². The van der Waals surface area contributed by atoms with Crippen molar-refractivity contribution >= 4 is 5.97 Å². The summed E-state index contributed by atoms with van der Waals surface area (Å²) in [5.41, 5.74) is 2.03. The van der Waals surface area contributed by atoms with Crippen LogP contribution >= 0.6 is 0 Å². The zero-order chi connectivity index (χ0) is 12.7. The minimum absolute atomic E-state index is 0.221. The maximum Gasteiger partial charge on any atom is 0.309 e. The van der Waals surface area contributed by atoms with Gasteiger partial charge in [0.15, 0.2) is 0 Å². The molecule has 0 saturated heterocycles. The molecule has 0 fully saturated rings. The van der Waals surface area contributed by atoms with E-state index in [2.05, 4.69) is 18.6 Å². The summed E-state index contributed by atoms with van der Waals surface area (Å²) >= 11 is 0. The number of benzene rings is 1. The SMILES string of the molecule is COC(=O)Cc1ccccc1COCC(C)C. The molecule has 94 valence electrons. The van der Waals surface area contributed by atoms with Gasteiger partial charge in [-0.25, -0.2) is 0 Å². The number of hydrogen-bond donors (Lipinski definition) is 0. The molecular weight excluding hydrogens is 216 g/mol. The molecule has 0 aromatic heterocycles. The molecule has 0 amide bonds. The van der Waals surface area contributed by atoms with Gasteiger partial charge >= 0.3 is 5.97 Å². The van der Waals surface area contributed by atoms with Crippen LogP contribution in [0.25, 0.3) is 0 Å². The van der Waals surface area contributed by atoms with E-state index < -0.39 is 0 Å². The lowest BCUT2D eigenvalue weighted by atomic mass is 10.1. The topological polar surface area (TPSA) is 35.5 Å². The zero-order valence-electron chi connectivity index (χ0n) is 10.7. The van der Waals surface area contributed by atoms with E-state index in [1.165, 1.54) is 7.11 Å². The van der Waals surface area contributed by atoms with Crippen LogP contribution in [0.1, 0.15) is 25.0 Å². The molecule has 0 aliphatic carbocycles. The molecule has 0 N–H and O–H groups in total. The number of ether oxygens (including phenoxy) is 2. The molecule has 0 aliphatic rings. The lowest BCUT2D eigenvalue weighted by Crippen LogP contribution is -2.08. The van der Waals surface area contributed by atoms with Crippen molar-refractivity contribution in [3.05, 3.63) is 35.4 Å². The van der Waals surface area contributed by atoms with Gasteiger partial charge in [0.2, 0.25) is 0 Å². The minimum atomic E-state index is -0.221. The Hall–Kier alpha value is -1.35. The Balaban J connectivity index is 2.61. The van der Waals surface area contributed by atoms with E-state index in [0.29, 0.717) is 18.9 Å². The maximum absolute atomic E-state index is 11.3. The van der Waals surface area contributed by atoms with Gasteiger partial charge in [-0.3, -0.25) is 4.79 Å². The molecule has 0 unspecified atom stereocenters. The van der Waals surface area contributed by atoms with Crippen LogP contribution < -0.4 is 0 Å². The van der Waals surface area contributed by atoms with Gasteiger partial charge in [-0.15, -0.1) is 0 Å². The quantitative estimate of drug-likeness (QED) is 0.712. The van der Waals surface area contributed by atoms with Crippen LogP contribution in [0.15, 0.2) is 24.3 Å². The minimum Gasteiger partial charge on any atom is -0.469 e.